The second-order valence-corrected chi connectivity index (χ2v) is 9.53. The molecule has 23 heavy (non-hydrogen) atoms. The summed E-state index contributed by atoms with van der Waals surface area (Å²) in [6.45, 7) is 6.28. The molecule has 0 spiro atoms. The Hall–Kier alpha value is -0.990. The zero-order chi connectivity index (χ0) is 17.1. The van der Waals surface area contributed by atoms with E-state index in [1.54, 1.807) is 7.05 Å². The maximum absolute atomic E-state index is 15.1. The molecule has 6 nitrogen and oxygen atoms in total. The summed E-state index contributed by atoms with van der Waals surface area (Å²) in [5.74, 6) is 0. The number of nitrogens with one attached hydrogen (secondary N) is 2. The molecule has 0 aromatic carbocycles. The third-order valence-electron chi connectivity index (χ3n) is 4.99. The van der Waals surface area contributed by atoms with E-state index in [0.717, 1.165) is 0 Å². The van der Waals surface area contributed by atoms with Crippen molar-refractivity contribution in [2.24, 2.45) is 7.05 Å². The Bertz CT molecular complexity index is 710. The fraction of sp³-hybridized carbons (Fsp3) is 0.800. The maximum atomic E-state index is 15.1. The Morgan fingerprint density at radius 1 is 1.35 bits per heavy atom. The molecular weight excluding hydrogens is 319 g/mol. The summed E-state index contributed by atoms with van der Waals surface area (Å²) >= 11 is 0. The molecule has 2 aliphatic rings. The van der Waals surface area contributed by atoms with Crippen LogP contribution in [-0.4, -0.2) is 42.5 Å². The van der Waals surface area contributed by atoms with E-state index < -0.39 is 26.6 Å². The molecule has 0 amide bonds. The van der Waals surface area contributed by atoms with Gasteiger partial charge in [-0.1, -0.05) is 20.8 Å². The van der Waals surface area contributed by atoms with Gasteiger partial charge < -0.3 is 5.32 Å². The van der Waals surface area contributed by atoms with E-state index in [0.29, 0.717) is 31.5 Å². The molecule has 2 N–H and O–H groups in total. The molecule has 0 unspecified atom stereocenters. The van der Waals surface area contributed by atoms with Gasteiger partial charge in [-0.15, -0.1) is 0 Å². The molecule has 1 aliphatic carbocycles. The maximum Gasteiger partial charge on any atom is 0.244 e. The third-order valence-corrected chi connectivity index (χ3v) is 6.53. The van der Waals surface area contributed by atoms with Crippen molar-refractivity contribution in [2.75, 3.05) is 13.1 Å². The van der Waals surface area contributed by atoms with E-state index in [4.69, 9.17) is 0 Å². The van der Waals surface area contributed by atoms with Crippen LogP contribution in [0.4, 0.5) is 4.39 Å². The van der Waals surface area contributed by atoms with Gasteiger partial charge in [0, 0.05) is 31.7 Å². The molecule has 130 valence electrons. The summed E-state index contributed by atoms with van der Waals surface area (Å²) in [6, 6.07) is 0. The lowest BCUT2D eigenvalue weighted by atomic mass is 9.89. The highest BCUT2D eigenvalue weighted by atomic mass is 32.2. The molecule has 2 fully saturated rings. The Morgan fingerprint density at radius 3 is 2.70 bits per heavy atom. The van der Waals surface area contributed by atoms with Crippen LogP contribution in [0, 0.1) is 0 Å². The van der Waals surface area contributed by atoms with E-state index in [1.165, 1.54) is 10.9 Å². The van der Waals surface area contributed by atoms with Gasteiger partial charge in [-0.2, -0.15) is 5.10 Å². The monoisotopic (exact) mass is 344 g/mol. The summed E-state index contributed by atoms with van der Waals surface area (Å²) < 4.78 is 45.3. The van der Waals surface area contributed by atoms with Crippen molar-refractivity contribution in [3.05, 3.63) is 11.9 Å². The second-order valence-electron chi connectivity index (χ2n) is 7.88. The Balaban J connectivity index is 2.01. The topological polar surface area (TPSA) is 76.0 Å². The van der Waals surface area contributed by atoms with E-state index in [1.807, 2.05) is 20.8 Å². The third kappa shape index (κ3) is 2.60. The van der Waals surface area contributed by atoms with Crippen LogP contribution < -0.4 is 10.0 Å². The summed E-state index contributed by atoms with van der Waals surface area (Å²) in [5, 5.41) is 7.32. The van der Waals surface area contributed by atoms with E-state index in [2.05, 4.69) is 15.1 Å². The number of hydrogen-bond donors (Lipinski definition) is 2. The average Bonchev–Trinajstić information content (AvgIpc) is 2.99. The molecule has 2 atom stereocenters. The van der Waals surface area contributed by atoms with Crippen molar-refractivity contribution in [3.63, 3.8) is 0 Å². The molecule has 1 aliphatic heterocycles. The molecule has 0 bridgehead atoms. The fourth-order valence-corrected chi connectivity index (χ4v) is 5.66. The quantitative estimate of drug-likeness (QED) is 0.865. The SMILES string of the molecule is Cn1cc(S(=O)(=O)N[C@]23CCC[C@@]2(F)CNC3)c(C(C)(C)C)n1. The first-order valence-corrected chi connectivity index (χ1v) is 9.45. The smallest absolute Gasteiger partial charge is 0.244 e. The van der Waals surface area contributed by atoms with Crippen LogP contribution in [0.1, 0.15) is 45.7 Å². The highest BCUT2D eigenvalue weighted by molar-refractivity contribution is 7.89. The Kier molecular flexibility index (Phi) is 3.67. The van der Waals surface area contributed by atoms with Crippen molar-refractivity contribution in [3.8, 4) is 0 Å². The highest BCUT2D eigenvalue weighted by Gasteiger charge is 2.60. The zero-order valence-corrected chi connectivity index (χ0v) is 14.9. The minimum absolute atomic E-state index is 0.142. The zero-order valence-electron chi connectivity index (χ0n) is 14.1. The Labute approximate surface area is 136 Å². The van der Waals surface area contributed by atoms with Gasteiger partial charge in [-0.3, -0.25) is 4.68 Å². The fourth-order valence-electron chi connectivity index (χ4n) is 3.79. The standard InChI is InChI=1S/C15H25FN4O2S/c1-13(2,3)12-11(8-20(4)18-12)23(21,22)19-15-7-5-6-14(15,16)9-17-10-15/h8,17,19H,5-7,9-10H2,1-4H3/t14-,15+/m1/s1. The first kappa shape index (κ1) is 16.9. The Morgan fingerprint density at radius 2 is 2.04 bits per heavy atom. The van der Waals surface area contributed by atoms with Crippen LogP contribution >= 0.6 is 0 Å². The lowest BCUT2D eigenvalue weighted by molar-refractivity contribution is 0.122. The van der Waals surface area contributed by atoms with Crippen LogP contribution in [0.2, 0.25) is 0 Å². The average molecular weight is 344 g/mol. The van der Waals surface area contributed by atoms with Crippen molar-refractivity contribution in [2.45, 2.75) is 61.6 Å². The molecule has 0 radical (unpaired) electrons. The number of aryl methyl sites for hydroxylation is 1. The minimum atomic E-state index is -3.85. The molecule has 2 heterocycles. The number of sulfonamides is 1. The van der Waals surface area contributed by atoms with E-state index >= 15 is 4.39 Å². The predicted octanol–water partition coefficient (Wildman–Crippen LogP) is 1.23. The largest absolute Gasteiger partial charge is 0.311 e. The molecular formula is C15H25FN4O2S. The molecule has 1 aromatic heterocycles. The van der Waals surface area contributed by atoms with Gasteiger partial charge in [-0.05, 0) is 19.3 Å². The second kappa shape index (κ2) is 5.00. The number of alkyl halides is 1. The highest BCUT2D eigenvalue weighted by Crippen LogP contribution is 2.45. The van der Waals surface area contributed by atoms with Crippen molar-refractivity contribution < 1.29 is 12.8 Å². The number of hydrogen-bond acceptors (Lipinski definition) is 4. The summed E-state index contributed by atoms with van der Waals surface area (Å²) in [6.07, 6.45) is 3.10. The summed E-state index contributed by atoms with van der Waals surface area (Å²) in [7, 11) is -2.16. The van der Waals surface area contributed by atoms with Gasteiger partial charge in [0.1, 0.15) is 10.6 Å². The van der Waals surface area contributed by atoms with Gasteiger partial charge in [0.15, 0.2) is 0 Å². The molecule has 3 rings (SSSR count). The number of rotatable bonds is 3. The van der Waals surface area contributed by atoms with Crippen LogP contribution in [0.3, 0.4) is 0 Å². The number of aromatic nitrogens is 2. The predicted molar refractivity (Wildman–Crippen MR) is 85.5 cm³/mol. The van der Waals surface area contributed by atoms with E-state index in [9.17, 15) is 8.42 Å². The van der Waals surface area contributed by atoms with Gasteiger partial charge in [0.2, 0.25) is 10.0 Å². The minimum Gasteiger partial charge on any atom is -0.311 e. The first-order valence-electron chi connectivity index (χ1n) is 7.97. The number of nitrogens with zero attached hydrogens (tertiary/aromatic N) is 2. The van der Waals surface area contributed by atoms with Crippen molar-refractivity contribution in [1.82, 2.24) is 19.8 Å². The first-order chi connectivity index (χ1) is 10.5. The van der Waals surface area contributed by atoms with Crippen LogP contribution in [-0.2, 0) is 22.5 Å². The summed E-state index contributed by atoms with van der Waals surface area (Å²) in [4.78, 5) is 0.142. The van der Waals surface area contributed by atoms with E-state index in [-0.39, 0.29) is 11.4 Å². The molecule has 1 saturated carbocycles. The number of halogens is 1. The van der Waals surface area contributed by atoms with Crippen LogP contribution in [0.25, 0.3) is 0 Å². The lowest BCUT2D eigenvalue weighted by Gasteiger charge is -2.34. The van der Waals surface area contributed by atoms with Crippen LogP contribution in [0.5, 0.6) is 0 Å². The summed E-state index contributed by atoms with van der Waals surface area (Å²) in [5.41, 5.74) is -2.47. The van der Waals surface area contributed by atoms with Crippen molar-refractivity contribution in [1.29, 1.82) is 0 Å². The van der Waals surface area contributed by atoms with Gasteiger partial charge in [0.25, 0.3) is 0 Å². The lowest BCUT2D eigenvalue weighted by Crippen LogP contribution is -2.58. The molecule has 8 heteroatoms. The van der Waals surface area contributed by atoms with Gasteiger partial charge >= 0.3 is 0 Å². The number of fused-ring (bicyclic) bond motifs is 1. The molecule has 1 saturated heterocycles. The van der Waals surface area contributed by atoms with Gasteiger partial charge in [0.05, 0.1) is 11.2 Å². The van der Waals surface area contributed by atoms with Crippen molar-refractivity contribution >= 4 is 10.0 Å². The van der Waals surface area contributed by atoms with Gasteiger partial charge in [-0.25, -0.2) is 17.5 Å². The normalized spacial score (nSPS) is 31.5. The van der Waals surface area contributed by atoms with Crippen LogP contribution in [0.15, 0.2) is 11.1 Å². The molecule has 1 aromatic rings.